The summed E-state index contributed by atoms with van der Waals surface area (Å²) in [6, 6.07) is 11.8. The predicted octanol–water partition coefficient (Wildman–Crippen LogP) is 4.87. The zero-order valence-electron chi connectivity index (χ0n) is 9.08. The van der Waals surface area contributed by atoms with Crippen molar-refractivity contribution in [1.29, 1.82) is 0 Å². The molecule has 0 bridgehead atoms. The first-order valence-electron chi connectivity index (χ1n) is 5.14. The molecular weight excluding hydrogens is 237 g/mol. The van der Waals surface area contributed by atoms with Gasteiger partial charge in [0.15, 0.2) is 0 Å². The second-order valence-corrected chi connectivity index (χ2v) is 3.95. The van der Waals surface area contributed by atoms with Crippen LogP contribution in [0.2, 0.25) is 5.02 Å². The second kappa shape index (κ2) is 5.02. The van der Waals surface area contributed by atoms with Gasteiger partial charge in [-0.3, -0.25) is 0 Å². The standard InChI is InChI=1S/C14H11ClFN/c1-2-10-5-3-4-6-13(10)17-14-9-11(16)7-8-12(14)15/h2-9,17H,1H2. The maximum Gasteiger partial charge on any atom is 0.125 e. The van der Waals surface area contributed by atoms with E-state index in [1.807, 2.05) is 24.3 Å². The van der Waals surface area contributed by atoms with E-state index in [1.54, 1.807) is 6.08 Å². The van der Waals surface area contributed by atoms with Crippen LogP contribution in [0.15, 0.2) is 49.0 Å². The van der Waals surface area contributed by atoms with E-state index in [-0.39, 0.29) is 5.82 Å². The first-order chi connectivity index (χ1) is 8.20. The number of hydrogen-bond donors (Lipinski definition) is 1. The third-order valence-corrected chi connectivity index (χ3v) is 2.71. The van der Waals surface area contributed by atoms with Crippen LogP contribution in [0.4, 0.5) is 15.8 Å². The highest BCUT2D eigenvalue weighted by Crippen LogP contribution is 2.28. The minimum Gasteiger partial charge on any atom is -0.354 e. The van der Waals surface area contributed by atoms with E-state index >= 15 is 0 Å². The molecular formula is C14H11ClFN. The molecule has 2 aromatic carbocycles. The largest absolute Gasteiger partial charge is 0.354 e. The van der Waals surface area contributed by atoms with Gasteiger partial charge in [0.2, 0.25) is 0 Å². The molecule has 0 saturated heterocycles. The molecule has 0 saturated carbocycles. The highest BCUT2D eigenvalue weighted by molar-refractivity contribution is 6.33. The Morgan fingerprint density at radius 1 is 1.12 bits per heavy atom. The van der Waals surface area contributed by atoms with Gasteiger partial charge in [-0.2, -0.15) is 0 Å². The molecule has 0 unspecified atom stereocenters. The molecule has 17 heavy (non-hydrogen) atoms. The van der Waals surface area contributed by atoms with Gasteiger partial charge >= 0.3 is 0 Å². The van der Waals surface area contributed by atoms with Gasteiger partial charge in [-0.05, 0) is 29.8 Å². The summed E-state index contributed by atoms with van der Waals surface area (Å²) in [6.45, 7) is 3.73. The molecule has 1 nitrogen and oxygen atoms in total. The van der Waals surface area contributed by atoms with Crippen molar-refractivity contribution in [3.05, 3.63) is 65.4 Å². The van der Waals surface area contributed by atoms with Crippen LogP contribution in [0.25, 0.3) is 6.08 Å². The van der Waals surface area contributed by atoms with Crippen molar-refractivity contribution in [3.8, 4) is 0 Å². The number of halogens is 2. The van der Waals surface area contributed by atoms with Crippen LogP contribution >= 0.6 is 11.6 Å². The number of hydrogen-bond acceptors (Lipinski definition) is 1. The van der Waals surface area contributed by atoms with E-state index in [0.717, 1.165) is 11.3 Å². The van der Waals surface area contributed by atoms with E-state index in [4.69, 9.17) is 11.6 Å². The van der Waals surface area contributed by atoms with Crippen LogP contribution in [-0.2, 0) is 0 Å². The molecule has 0 atom stereocenters. The Labute approximate surface area is 105 Å². The van der Waals surface area contributed by atoms with Crippen molar-refractivity contribution >= 4 is 29.1 Å². The van der Waals surface area contributed by atoms with E-state index in [9.17, 15) is 4.39 Å². The van der Waals surface area contributed by atoms with Crippen molar-refractivity contribution < 1.29 is 4.39 Å². The lowest BCUT2D eigenvalue weighted by Gasteiger charge is -2.11. The van der Waals surface area contributed by atoms with Crippen molar-refractivity contribution in [1.82, 2.24) is 0 Å². The Morgan fingerprint density at radius 2 is 1.88 bits per heavy atom. The summed E-state index contributed by atoms with van der Waals surface area (Å²) in [6.07, 6.45) is 1.73. The van der Waals surface area contributed by atoms with Gasteiger partial charge in [0.25, 0.3) is 0 Å². The minimum absolute atomic E-state index is 0.326. The number of rotatable bonds is 3. The molecule has 1 N–H and O–H groups in total. The summed E-state index contributed by atoms with van der Waals surface area (Å²) in [5.74, 6) is -0.326. The highest BCUT2D eigenvalue weighted by atomic mass is 35.5. The second-order valence-electron chi connectivity index (χ2n) is 3.54. The third kappa shape index (κ3) is 2.66. The quantitative estimate of drug-likeness (QED) is 0.816. The van der Waals surface area contributed by atoms with Crippen molar-refractivity contribution in [3.63, 3.8) is 0 Å². The summed E-state index contributed by atoms with van der Waals surface area (Å²) in [7, 11) is 0. The van der Waals surface area contributed by atoms with Crippen LogP contribution < -0.4 is 5.32 Å². The number of para-hydroxylation sites is 1. The summed E-state index contributed by atoms with van der Waals surface area (Å²) in [5, 5.41) is 3.57. The fourth-order valence-electron chi connectivity index (χ4n) is 1.53. The van der Waals surface area contributed by atoms with Gasteiger partial charge in [0.05, 0.1) is 10.7 Å². The third-order valence-electron chi connectivity index (χ3n) is 2.38. The SMILES string of the molecule is C=Cc1ccccc1Nc1cc(F)ccc1Cl. The van der Waals surface area contributed by atoms with E-state index < -0.39 is 0 Å². The zero-order chi connectivity index (χ0) is 12.3. The molecule has 0 spiro atoms. The zero-order valence-corrected chi connectivity index (χ0v) is 9.84. The Kier molecular flexibility index (Phi) is 3.45. The molecule has 0 radical (unpaired) electrons. The molecule has 2 rings (SSSR count). The van der Waals surface area contributed by atoms with Gasteiger partial charge in [0.1, 0.15) is 5.82 Å². The Bertz CT molecular complexity index is 552. The molecule has 3 heteroatoms. The summed E-state index contributed by atoms with van der Waals surface area (Å²) in [5.41, 5.74) is 2.32. The Morgan fingerprint density at radius 3 is 2.65 bits per heavy atom. The first-order valence-corrected chi connectivity index (χ1v) is 5.52. The van der Waals surface area contributed by atoms with Gasteiger partial charge in [0, 0.05) is 5.69 Å². The van der Waals surface area contributed by atoms with Gasteiger partial charge in [-0.1, -0.05) is 42.5 Å². The lowest BCUT2D eigenvalue weighted by molar-refractivity contribution is 0.628. The Balaban J connectivity index is 2.37. The van der Waals surface area contributed by atoms with Crippen molar-refractivity contribution in [2.45, 2.75) is 0 Å². The monoisotopic (exact) mass is 247 g/mol. The fourth-order valence-corrected chi connectivity index (χ4v) is 1.69. The van der Waals surface area contributed by atoms with Crippen LogP contribution in [0.5, 0.6) is 0 Å². The predicted molar refractivity (Wildman–Crippen MR) is 71.2 cm³/mol. The first kappa shape index (κ1) is 11.7. The average Bonchev–Trinajstić information content (AvgIpc) is 2.34. The molecule has 0 aromatic heterocycles. The van der Waals surface area contributed by atoms with Gasteiger partial charge < -0.3 is 5.32 Å². The van der Waals surface area contributed by atoms with Crippen LogP contribution in [0, 0.1) is 5.82 Å². The minimum atomic E-state index is -0.326. The van der Waals surface area contributed by atoms with Crippen molar-refractivity contribution in [2.75, 3.05) is 5.32 Å². The van der Waals surface area contributed by atoms with E-state index in [1.165, 1.54) is 18.2 Å². The lowest BCUT2D eigenvalue weighted by Crippen LogP contribution is -1.94. The molecule has 0 fully saturated rings. The molecule has 0 amide bonds. The number of anilines is 2. The van der Waals surface area contributed by atoms with Gasteiger partial charge in [-0.15, -0.1) is 0 Å². The average molecular weight is 248 g/mol. The van der Waals surface area contributed by atoms with E-state index in [0.29, 0.717) is 10.7 Å². The van der Waals surface area contributed by atoms with Crippen LogP contribution in [-0.4, -0.2) is 0 Å². The summed E-state index contributed by atoms with van der Waals surface area (Å²) >= 11 is 5.99. The maximum atomic E-state index is 13.1. The Hall–Kier alpha value is -1.80. The maximum absolute atomic E-state index is 13.1. The molecule has 0 aliphatic rings. The summed E-state index contributed by atoms with van der Waals surface area (Å²) < 4.78 is 13.1. The highest BCUT2D eigenvalue weighted by Gasteiger charge is 2.04. The lowest BCUT2D eigenvalue weighted by atomic mass is 10.1. The molecule has 0 aliphatic heterocycles. The van der Waals surface area contributed by atoms with Gasteiger partial charge in [-0.25, -0.2) is 4.39 Å². The molecule has 2 aromatic rings. The topological polar surface area (TPSA) is 12.0 Å². The van der Waals surface area contributed by atoms with Crippen molar-refractivity contribution in [2.24, 2.45) is 0 Å². The fraction of sp³-hybridized carbons (Fsp3) is 0. The molecule has 0 aliphatic carbocycles. The van der Waals surface area contributed by atoms with Crippen LogP contribution in [0.1, 0.15) is 5.56 Å². The van der Waals surface area contributed by atoms with E-state index in [2.05, 4.69) is 11.9 Å². The number of benzene rings is 2. The van der Waals surface area contributed by atoms with Crippen LogP contribution in [0.3, 0.4) is 0 Å². The normalized spacial score (nSPS) is 10.0. The molecule has 0 heterocycles. The smallest absolute Gasteiger partial charge is 0.125 e. The summed E-state index contributed by atoms with van der Waals surface area (Å²) in [4.78, 5) is 0. The number of nitrogens with one attached hydrogen (secondary N) is 1. The molecule has 86 valence electrons.